The number of carboxylic acid groups (broad SMARTS) is 1. The minimum Gasteiger partial charge on any atom is -0.478 e. The monoisotopic (exact) mass is 246 g/mol. The summed E-state index contributed by atoms with van der Waals surface area (Å²) in [5, 5.41) is 14.2. The lowest BCUT2D eigenvalue weighted by atomic mass is 10.1. The van der Waals surface area contributed by atoms with Crippen LogP contribution >= 0.6 is 0 Å². The largest absolute Gasteiger partial charge is 0.478 e. The number of carbonyl (C=O) groups is 2. The highest BCUT2D eigenvalue weighted by molar-refractivity contribution is 5.87. The van der Waals surface area contributed by atoms with Gasteiger partial charge in [-0.05, 0) is 17.7 Å². The summed E-state index contributed by atoms with van der Waals surface area (Å²) in [6.07, 6.45) is 5.03. The molecule has 0 aliphatic rings. The van der Waals surface area contributed by atoms with Crippen molar-refractivity contribution < 1.29 is 14.7 Å². The second-order valence-electron chi connectivity index (χ2n) is 3.59. The predicted molar refractivity (Wildman–Crippen MR) is 67.0 cm³/mol. The van der Waals surface area contributed by atoms with Crippen molar-refractivity contribution in [2.45, 2.75) is 6.54 Å². The number of carbonyl (C=O) groups excluding carboxylic acids is 1. The third-order valence-electron chi connectivity index (χ3n) is 2.20. The Balaban J connectivity index is 2.37. The molecule has 0 aromatic heterocycles. The van der Waals surface area contributed by atoms with Gasteiger partial charge in [0.2, 0.25) is 5.91 Å². The topological polar surface area (TPSA) is 78.4 Å². The van der Waals surface area contributed by atoms with Crippen LogP contribution in [0.15, 0.2) is 24.3 Å². The molecule has 0 aliphatic carbocycles. The minimum absolute atomic E-state index is 0.160. The molecular weight excluding hydrogens is 232 g/mol. The highest BCUT2D eigenvalue weighted by Gasteiger charge is 2.03. The summed E-state index contributed by atoms with van der Waals surface area (Å²) >= 11 is 0. The molecular formula is C13H14N2O3. The van der Waals surface area contributed by atoms with Gasteiger partial charge in [-0.2, -0.15) is 0 Å². The van der Waals surface area contributed by atoms with Crippen LogP contribution in [0.2, 0.25) is 0 Å². The third kappa shape index (κ3) is 4.68. The number of rotatable bonds is 6. The maximum Gasteiger partial charge on any atom is 0.335 e. The molecule has 18 heavy (non-hydrogen) atoms. The quantitative estimate of drug-likeness (QED) is 0.496. The first-order valence-corrected chi connectivity index (χ1v) is 5.36. The summed E-state index contributed by atoms with van der Waals surface area (Å²) in [6.45, 7) is 0.870. The highest BCUT2D eigenvalue weighted by atomic mass is 16.4. The molecule has 3 N–H and O–H groups in total. The van der Waals surface area contributed by atoms with E-state index in [1.54, 1.807) is 12.1 Å². The Labute approximate surface area is 105 Å². The van der Waals surface area contributed by atoms with Gasteiger partial charge < -0.3 is 10.4 Å². The van der Waals surface area contributed by atoms with Crippen LogP contribution in [0.25, 0.3) is 0 Å². The number of terminal acetylenes is 1. The van der Waals surface area contributed by atoms with E-state index in [1.165, 1.54) is 12.1 Å². The predicted octanol–water partition coefficient (Wildman–Crippen LogP) is 0.224. The second-order valence-corrected chi connectivity index (χ2v) is 3.59. The van der Waals surface area contributed by atoms with E-state index in [0.29, 0.717) is 13.1 Å². The molecule has 0 heterocycles. The Morgan fingerprint density at radius 3 is 2.50 bits per heavy atom. The maximum atomic E-state index is 11.3. The second kappa shape index (κ2) is 7.09. The van der Waals surface area contributed by atoms with Gasteiger partial charge in [-0.1, -0.05) is 18.1 Å². The van der Waals surface area contributed by atoms with E-state index < -0.39 is 5.97 Å². The van der Waals surface area contributed by atoms with Gasteiger partial charge in [-0.25, -0.2) is 4.79 Å². The molecule has 0 aliphatic heterocycles. The van der Waals surface area contributed by atoms with Crippen molar-refractivity contribution in [3.8, 4) is 12.3 Å². The first-order chi connectivity index (χ1) is 8.63. The van der Waals surface area contributed by atoms with E-state index in [0.717, 1.165) is 5.56 Å². The lowest BCUT2D eigenvalue weighted by Crippen LogP contribution is -2.33. The van der Waals surface area contributed by atoms with Crippen LogP contribution in [0, 0.1) is 12.3 Å². The number of amides is 1. The number of hydrogen-bond acceptors (Lipinski definition) is 3. The Bertz CT molecular complexity index is 460. The fourth-order valence-corrected chi connectivity index (χ4v) is 1.28. The summed E-state index contributed by atoms with van der Waals surface area (Å²) in [6, 6.07) is 6.33. The zero-order valence-corrected chi connectivity index (χ0v) is 9.77. The normalized spacial score (nSPS) is 9.50. The average molecular weight is 246 g/mol. The summed E-state index contributed by atoms with van der Waals surface area (Å²) in [4.78, 5) is 22.0. The number of hydrogen-bond donors (Lipinski definition) is 3. The Kier molecular flexibility index (Phi) is 5.42. The molecule has 0 unspecified atom stereocenters. The van der Waals surface area contributed by atoms with Crippen LogP contribution in [-0.4, -0.2) is 30.1 Å². The van der Waals surface area contributed by atoms with Crippen molar-refractivity contribution in [1.82, 2.24) is 10.6 Å². The van der Waals surface area contributed by atoms with Crippen LogP contribution in [0.3, 0.4) is 0 Å². The zero-order valence-electron chi connectivity index (χ0n) is 9.77. The molecule has 94 valence electrons. The fourth-order valence-electron chi connectivity index (χ4n) is 1.28. The van der Waals surface area contributed by atoms with Crippen molar-refractivity contribution in [2.24, 2.45) is 0 Å². The van der Waals surface area contributed by atoms with Gasteiger partial charge in [0, 0.05) is 6.54 Å². The van der Waals surface area contributed by atoms with E-state index in [2.05, 4.69) is 16.6 Å². The van der Waals surface area contributed by atoms with Crippen LogP contribution in [-0.2, 0) is 11.3 Å². The molecule has 1 rings (SSSR count). The van der Waals surface area contributed by atoms with Crippen molar-refractivity contribution in [1.29, 1.82) is 0 Å². The van der Waals surface area contributed by atoms with Gasteiger partial charge in [-0.15, -0.1) is 6.42 Å². The molecule has 0 bridgehead atoms. The van der Waals surface area contributed by atoms with Crippen molar-refractivity contribution in [3.05, 3.63) is 35.4 Å². The lowest BCUT2D eigenvalue weighted by Gasteiger charge is -2.05. The molecule has 1 amide bonds. The van der Waals surface area contributed by atoms with E-state index in [1.807, 2.05) is 0 Å². The molecule has 0 fully saturated rings. The number of aromatic carboxylic acids is 1. The van der Waals surface area contributed by atoms with Crippen molar-refractivity contribution >= 4 is 11.9 Å². The summed E-state index contributed by atoms with van der Waals surface area (Å²) < 4.78 is 0. The molecule has 1 aromatic rings. The first-order valence-electron chi connectivity index (χ1n) is 5.36. The van der Waals surface area contributed by atoms with E-state index in [-0.39, 0.29) is 18.0 Å². The standard InChI is InChI=1S/C13H14N2O3/c1-2-7-14-9-12(16)15-8-10-3-5-11(6-4-10)13(17)18/h1,3-6,14H,7-9H2,(H,15,16)(H,17,18). The maximum absolute atomic E-state index is 11.3. The summed E-state index contributed by atoms with van der Waals surface area (Å²) in [5.74, 6) is 1.24. The zero-order chi connectivity index (χ0) is 13.4. The van der Waals surface area contributed by atoms with Gasteiger partial charge in [0.05, 0.1) is 18.7 Å². The SMILES string of the molecule is C#CCNCC(=O)NCc1ccc(C(=O)O)cc1. The van der Waals surface area contributed by atoms with Gasteiger partial charge in [-0.3, -0.25) is 10.1 Å². The minimum atomic E-state index is -0.968. The molecule has 0 saturated heterocycles. The highest BCUT2D eigenvalue weighted by Crippen LogP contribution is 2.03. The molecule has 0 saturated carbocycles. The Hall–Kier alpha value is -2.32. The number of carboxylic acids is 1. The van der Waals surface area contributed by atoms with Crippen molar-refractivity contribution in [2.75, 3.05) is 13.1 Å². The van der Waals surface area contributed by atoms with Gasteiger partial charge in [0.25, 0.3) is 0 Å². The Morgan fingerprint density at radius 1 is 1.28 bits per heavy atom. The third-order valence-corrected chi connectivity index (χ3v) is 2.20. The molecule has 5 heteroatoms. The summed E-state index contributed by atoms with van der Waals surface area (Å²) in [5.41, 5.74) is 1.06. The summed E-state index contributed by atoms with van der Waals surface area (Å²) in [7, 11) is 0. The molecule has 5 nitrogen and oxygen atoms in total. The van der Waals surface area contributed by atoms with E-state index in [4.69, 9.17) is 11.5 Å². The van der Waals surface area contributed by atoms with E-state index >= 15 is 0 Å². The number of nitrogens with one attached hydrogen (secondary N) is 2. The van der Waals surface area contributed by atoms with Crippen LogP contribution in [0.1, 0.15) is 15.9 Å². The molecule has 0 atom stereocenters. The number of benzene rings is 1. The van der Waals surface area contributed by atoms with Gasteiger partial charge in [0.1, 0.15) is 0 Å². The van der Waals surface area contributed by atoms with E-state index in [9.17, 15) is 9.59 Å². The molecule has 0 spiro atoms. The Morgan fingerprint density at radius 2 is 1.94 bits per heavy atom. The van der Waals surface area contributed by atoms with Crippen LogP contribution in [0.5, 0.6) is 0 Å². The molecule has 0 radical (unpaired) electrons. The molecule has 1 aromatic carbocycles. The average Bonchev–Trinajstić information content (AvgIpc) is 2.37. The van der Waals surface area contributed by atoms with Gasteiger partial charge in [0.15, 0.2) is 0 Å². The smallest absolute Gasteiger partial charge is 0.335 e. The van der Waals surface area contributed by atoms with Crippen LogP contribution in [0.4, 0.5) is 0 Å². The van der Waals surface area contributed by atoms with Crippen molar-refractivity contribution in [3.63, 3.8) is 0 Å². The van der Waals surface area contributed by atoms with Gasteiger partial charge >= 0.3 is 5.97 Å². The van der Waals surface area contributed by atoms with Crippen LogP contribution < -0.4 is 10.6 Å². The fraction of sp³-hybridized carbons (Fsp3) is 0.231. The lowest BCUT2D eigenvalue weighted by molar-refractivity contribution is -0.120. The first kappa shape index (κ1) is 13.7.